The van der Waals surface area contributed by atoms with Crippen molar-refractivity contribution < 1.29 is 4.92 Å². The zero-order valence-electron chi connectivity index (χ0n) is 7.29. The molecule has 0 atom stereocenters. The van der Waals surface area contributed by atoms with Gasteiger partial charge in [0.25, 0.3) is 0 Å². The van der Waals surface area contributed by atoms with E-state index in [-0.39, 0.29) is 11.5 Å². The van der Waals surface area contributed by atoms with Crippen LogP contribution < -0.4 is 0 Å². The van der Waals surface area contributed by atoms with Crippen molar-refractivity contribution in [1.82, 2.24) is 0 Å². The van der Waals surface area contributed by atoms with Gasteiger partial charge >= 0.3 is 0 Å². The zero-order chi connectivity index (χ0) is 9.84. The highest BCUT2D eigenvalue weighted by atomic mass is 79.9. The Labute approximate surface area is 85.0 Å². The third-order valence-corrected chi connectivity index (χ3v) is 2.80. The van der Waals surface area contributed by atoms with E-state index < -0.39 is 0 Å². The fourth-order valence-electron chi connectivity index (χ4n) is 1.13. The molecule has 0 aliphatic heterocycles. The van der Waals surface area contributed by atoms with Crippen molar-refractivity contribution in [3.63, 3.8) is 0 Å². The SMILES string of the molecule is Cc1c(Br)cccc1CC[N+](=O)[O-]. The molecule has 0 amide bonds. The summed E-state index contributed by atoms with van der Waals surface area (Å²) in [5.74, 6) is 0. The first kappa shape index (κ1) is 10.2. The van der Waals surface area contributed by atoms with Crippen molar-refractivity contribution in [2.24, 2.45) is 0 Å². The van der Waals surface area contributed by atoms with Crippen LogP contribution in [-0.2, 0) is 6.42 Å². The van der Waals surface area contributed by atoms with Gasteiger partial charge in [0, 0.05) is 15.8 Å². The molecule has 3 nitrogen and oxygen atoms in total. The molecule has 0 spiro atoms. The minimum atomic E-state index is -0.291. The second kappa shape index (κ2) is 4.37. The van der Waals surface area contributed by atoms with Crippen LogP contribution in [0, 0.1) is 17.0 Å². The number of nitro groups is 1. The molecule has 0 N–H and O–H groups in total. The molecule has 4 heteroatoms. The Balaban J connectivity index is 2.77. The van der Waals surface area contributed by atoms with Crippen molar-refractivity contribution in [3.8, 4) is 0 Å². The van der Waals surface area contributed by atoms with Gasteiger partial charge in [0.1, 0.15) is 0 Å². The van der Waals surface area contributed by atoms with Gasteiger partial charge < -0.3 is 0 Å². The largest absolute Gasteiger partial charge is 0.265 e. The van der Waals surface area contributed by atoms with Gasteiger partial charge in [0.05, 0.1) is 0 Å². The molecule has 0 unspecified atom stereocenters. The number of nitrogens with zero attached hydrogens (tertiary/aromatic N) is 1. The average Bonchev–Trinajstić information content (AvgIpc) is 2.07. The summed E-state index contributed by atoms with van der Waals surface area (Å²) in [6.07, 6.45) is 0.498. The maximum absolute atomic E-state index is 10.2. The van der Waals surface area contributed by atoms with Gasteiger partial charge in [-0.1, -0.05) is 28.1 Å². The van der Waals surface area contributed by atoms with Gasteiger partial charge in [0.15, 0.2) is 0 Å². The summed E-state index contributed by atoms with van der Waals surface area (Å²) in [6, 6.07) is 5.75. The van der Waals surface area contributed by atoms with Crippen LogP contribution in [0.4, 0.5) is 0 Å². The van der Waals surface area contributed by atoms with Crippen molar-refractivity contribution >= 4 is 15.9 Å². The smallest absolute Gasteiger partial charge is 0.207 e. The van der Waals surface area contributed by atoms with Crippen LogP contribution in [0.25, 0.3) is 0 Å². The van der Waals surface area contributed by atoms with E-state index in [0.717, 1.165) is 15.6 Å². The van der Waals surface area contributed by atoms with E-state index in [1.165, 1.54) is 0 Å². The molecular weight excluding hydrogens is 234 g/mol. The molecule has 0 aliphatic rings. The summed E-state index contributed by atoms with van der Waals surface area (Å²) < 4.78 is 1.01. The Hall–Kier alpha value is -0.900. The van der Waals surface area contributed by atoms with Crippen LogP contribution in [0.15, 0.2) is 22.7 Å². The van der Waals surface area contributed by atoms with E-state index in [2.05, 4.69) is 15.9 Å². The van der Waals surface area contributed by atoms with Crippen LogP contribution in [0.5, 0.6) is 0 Å². The molecule has 0 saturated heterocycles. The third kappa shape index (κ3) is 2.81. The second-order valence-corrected chi connectivity index (χ2v) is 3.68. The lowest BCUT2D eigenvalue weighted by atomic mass is 10.1. The number of hydrogen-bond donors (Lipinski definition) is 0. The molecule has 0 saturated carbocycles. The van der Waals surface area contributed by atoms with E-state index in [1.807, 2.05) is 25.1 Å². The highest BCUT2D eigenvalue weighted by Crippen LogP contribution is 2.19. The minimum Gasteiger partial charge on any atom is -0.265 e. The standard InChI is InChI=1S/C9H10BrNO2/c1-7-8(5-6-11(12)13)3-2-4-9(7)10/h2-4H,5-6H2,1H3. The van der Waals surface area contributed by atoms with Gasteiger partial charge in [0.2, 0.25) is 6.54 Å². The predicted molar refractivity (Wildman–Crippen MR) is 54.4 cm³/mol. The summed E-state index contributed by atoms with van der Waals surface area (Å²) in [7, 11) is 0. The Bertz CT molecular complexity index is 325. The van der Waals surface area contributed by atoms with Crippen molar-refractivity contribution in [2.45, 2.75) is 13.3 Å². The number of rotatable bonds is 3. The Morgan fingerprint density at radius 3 is 2.85 bits per heavy atom. The highest BCUT2D eigenvalue weighted by Gasteiger charge is 2.04. The molecule has 1 rings (SSSR count). The van der Waals surface area contributed by atoms with E-state index in [0.29, 0.717) is 6.42 Å². The monoisotopic (exact) mass is 243 g/mol. The third-order valence-electron chi connectivity index (χ3n) is 1.94. The van der Waals surface area contributed by atoms with Crippen LogP contribution in [0.3, 0.4) is 0 Å². The lowest BCUT2D eigenvalue weighted by molar-refractivity contribution is -0.479. The van der Waals surface area contributed by atoms with Crippen LogP contribution in [0.1, 0.15) is 11.1 Å². The van der Waals surface area contributed by atoms with E-state index >= 15 is 0 Å². The molecule has 70 valence electrons. The molecule has 0 aromatic heterocycles. The molecule has 0 bridgehead atoms. The molecule has 0 radical (unpaired) electrons. The van der Waals surface area contributed by atoms with E-state index in [9.17, 15) is 10.1 Å². The lowest BCUT2D eigenvalue weighted by Gasteiger charge is -2.04. The van der Waals surface area contributed by atoms with Gasteiger partial charge in [-0.05, 0) is 24.1 Å². The fraction of sp³-hybridized carbons (Fsp3) is 0.333. The Morgan fingerprint density at radius 1 is 1.54 bits per heavy atom. The second-order valence-electron chi connectivity index (χ2n) is 2.83. The first-order valence-corrected chi connectivity index (χ1v) is 4.76. The normalized spacial score (nSPS) is 10.0. The van der Waals surface area contributed by atoms with Crippen molar-refractivity contribution in [1.29, 1.82) is 0 Å². The summed E-state index contributed by atoms with van der Waals surface area (Å²) in [5.41, 5.74) is 2.12. The summed E-state index contributed by atoms with van der Waals surface area (Å²) in [4.78, 5) is 9.87. The molecule has 0 heterocycles. The van der Waals surface area contributed by atoms with E-state index in [1.54, 1.807) is 0 Å². The van der Waals surface area contributed by atoms with Crippen LogP contribution in [0.2, 0.25) is 0 Å². The zero-order valence-corrected chi connectivity index (χ0v) is 8.87. The highest BCUT2D eigenvalue weighted by molar-refractivity contribution is 9.10. The van der Waals surface area contributed by atoms with E-state index in [4.69, 9.17) is 0 Å². The van der Waals surface area contributed by atoms with Crippen LogP contribution in [-0.4, -0.2) is 11.5 Å². The fourth-order valence-corrected chi connectivity index (χ4v) is 1.54. The number of benzene rings is 1. The molecule has 13 heavy (non-hydrogen) atoms. The molecule has 0 fully saturated rings. The quantitative estimate of drug-likeness (QED) is 0.605. The minimum absolute atomic E-state index is 0.00269. The topological polar surface area (TPSA) is 43.1 Å². The number of halogens is 1. The maximum Gasteiger partial charge on any atom is 0.207 e. The van der Waals surface area contributed by atoms with Crippen LogP contribution >= 0.6 is 15.9 Å². The van der Waals surface area contributed by atoms with Gasteiger partial charge in [-0.3, -0.25) is 10.1 Å². The first-order chi connectivity index (χ1) is 6.11. The first-order valence-electron chi connectivity index (χ1n) is 3.97. The van der Waals surface area contributed by atoms with Gasteiger partial charge in [-0.25, -0.2) is 0 Å². The summed E-state index contributed by atoms with van der Waals surface area (Å²) in [5, 5.41) is 10.2. The van der Waals surface area contributed by atoms with Crippen molar-refractivity contribution in [2.75, 3.05) is 6.54 Å². The number of hydrogen-bond acceptors (Lipinski definition) is 2. The molecular formula is C9H10BrNO2. The summed E-state index contributed by atoms with van der Waals surface area (Å²) in [6.45, 7) is 1.96. The van der Waals surface area contributed by atoms with Gasteiger partial charge in [-0.15, -0.1) is 0 Å². The lowest BCUT2D eigenvalue weighted by Crippen LogP contribution is -2.05. The Morgan fingerprint density at radius 2 is 2.23 bits per heavy atom. The maximum atomic E-state index is 10.2. The average molecular weight is 244 g/mol. The molecule has 1 aromatic rings. The summed E-state index contributed by atoms with van der Waals surface area (Å²) >= 11 is 3.38. The van der Waals surface area contributed by atoms with Crippen molar-refractivity contribution in [3.05, 3.63) is 43.9 Å². The molecule has 1 aromatic carbocycles. The molecule has 0 aliphatic carbocycles. The Kier molecular flexibility index (Phi) is 3.42. The van der Waals surface area contributed by atoms with Gasteiger partial charge in [-0.2, -0.15) is 0 Å². The predicted octanol–water partition coefficient (Wildman–Crippen LogP) is 2.58.